The number of fused-ring (bicyclic) bond motifs is 2. The van der Waals surface area contributed by atoms with E-state index in [0.717, 1.165) is 0 Å². The fourth-order valence-electron chi connectivity index (χ4n) is 6.58. The minimum Gasteiger partial charge on any atom is -0.506 e. The van der Waals surface area contributed by atoms with Crippen LogP contribution in [0.5, 0.6) is 11.5 Å². The summed E-state index contributed by atoms with van der Waals surface area (Å²) in [5.74, 6) is -0.425. The van der Waals surface area contributed by atoms with E-state index >= 15 is 0 Å². The number of aliphatic hydroxyl groups is 4. The van der Waals surface area contributed by atoms with Crippen molar-refractivity contribution in [1.82, 2.24) is 0 Å². The number of aryl methyl sites for hydroxylation is 1. The van der Waals surface area contributed by atoms with Gasteiger partial charge in [-0.25, -0.2) is 9.59 Å². The molecule has 0 aliphatic carbocycles. The van der Waals surface area contributed by atoms with Crippen molar-refractivity contribution in [2.24, 2.45) is 0 Å². The van der Waals surface area contributed by atoms with Crippen molar-refractivity contribution in [3.63, 3.8) is 0 Å². The van der Waals surface area contributed by atoms with Crippen LogP contribution in [0.4, 0.5) is 0 Å². The first-order chi connectivity index (χ1) is 21.9. The molecule has 10 atom stereocenters. The van der Waals surface area contributed by atoms with Crippen molar-refractivity contribution in [2.45, 2.75) is 82.2 Å². The Labute approximate surface area is 259 Å². The molecule has 0 amide bonds. The number of aliphatic hydroxyl groups excluding tert-OH is 4. The van der Waals surface area contributed by atoms with Crippen LogP contribution in [0.25, 0.3) is 43.5 Å². The molecule has 3 aromatic carbocycles. The molecule has 2 fully saturated rings. The summed E-state index contributed by atoms with van der Waals surface area (Å²) >= 11 is 0. The van der Waals surface area contributed by atoms with Crippen molar-refractivity contribution >= 4 is 43.5 Å². The summed E-state index contributed by atoms with van der Waals surface area (Å²) in [4.78, 5) is 26.5. The molecule has 0 spiro atoms. The maximum Gasteiger partial charge on any atom is 0.348 e. The molecule has 4 heterocycles. The fraction of sp³-hybridized carbons (Fsp3) is 0.438. The van der Waals surface area contributed by atoms with E-state index in [0.29, 0.717) is 10.9 Å². The molecule has 2 aliphatic heterocycles. The van der Waals surface area contributed by atoms with E-state index in [4.69, 9.17) is 32.5 Å². The van der Waals surface area contributed by atoms with Crippen LogP contribution in [0, 0.1) is 6.92 Å². The Bertz CT molecular complexity index is 2070. The Hall–Kier alpha value is -3.86. The number of ether oxygens (including phenoxy) is 5. The highest BCUT2D eigenvalue weighted by Crippen LogP contribution is 2.45. The first kappa shape index (κ1) is 30.8. The van der Waals surface area contributed by atoms with E-state index in [-0.39, 0.29) is 43.8 Å². The number of phenols is 1. The molecule has 0 unspecified atom stereocenters. The number of benzene rings is 3. The molecule has 244 valence electrons. The van der Waals surface area contributed by atoms with Crippen molar-refractivity contribution < 1.29 is 58.1 Å². The van der Waals surface area contributed by atoms with Gasteiger partial charge in [-0.2, -0.15) is 0 Å². The zero-order chi connectivity index (χ0) is 32.8. The van der Waals surface area contributed by atoms with Crippen LogP contribution >= 0.6 is 0 Å². The van der Waals surface area contributed by atoms with Gasteiger partial charge in [-0.15, -0.1) is 0 Å². The topological polar surface area (TPSA) is 208 Å². The second-order valence-electron chi connectivity index (χ2n) is 11.8. The standard InChI is InChI=1S/C32H32O14/c1-10-8-9-15-18-16(10)29(38)45-26-17-13(23(35)20(19(18)26)30(39)43-15)6-5-7-14(17)44-32-28(24(36)21(33)11(2)42-32)46-31-25(37)27(40-4)22(34)12(3)41-31/h5-9,11-12,21-22,24-25,27-28,31-37H,1-4H3/t11-,12-,21+,22+,24+,25+,27+,28+,31+,32+/m0/s1. The summed E-state index contributed by atoms with van der Waals surface area (Å²) < 4.78 is 40.4. The number of rotatable bonds is 5. The van der Waals surface area contributed by atoms with Crippen LogP contribution in [0.2, 0.25) is 0 Å². The Morgan fingerprint density at radius 2 is 1.41 bits per heavy atom. The molecular weight excluding hydrogens is 608 g/mol. The molecule has 14 nitrogen and oxygen atoms in total. The molecule has 0 saturated carbocycles. The van der Waals surface area contributed by atoms with E-state index in [1.165, 1.54) is 32.2 Å². The molecule has 5 aromatic rings. The zero-order valence-corrected chi connectivity index (χ0v) is 25.1. The van der Waals surface area contributed by atoms with Gasteiger partial charge in [0.25, 0.3) is 0 Å². The molecule has 0 radical (unpaired) electrons. The summed E-state index contributed by atoms with van der Waals surface area (Å²) in [6.45, 7) is 4.77. The SMILES string of the molecule is CO[C@H]1[C@@H](O)[C@@H](O[C@H]2[C@@H](Oc3cccc4c(O)c5c(=O)oc6ccc(C)c7c(=O)oc(c34)c5c67)O[C@@H](C)[C@@H](O)[C@H]2O)O[C@@H](C)[C@H]1O. The van der Waals surface area contributed by atoms with Gasteiger partial charge >= 0.3 is 11.3 Å². The van der Waals surface area contributed by atoms with Crippen LogP contribution in [0.1, 0.15) is 19.4 Å². The number of hydrogen-bond donors (Lipinski definition) is 5. The smallest absolute Gasteiger partial charge is 0.348 e. The molecule has 14 heteroatoms. The highest BCUT2D eigenvalue weighted by atomic mass is 16.8. The number of hydrogen-bond acceptors (Lipinski definition) is 14. The van der Waals surface area contributed by atoms with Gasteiger partial charge < -0.3 is 58.1 Å². The van der Waals surface area contributed by atoms with Gasteiger partial charge in [-0.1, -0.05) is 18.2 Å². The molecule has 7 rings (SSSR count). The molecule has 2 aromatic heterocycles. The van der Waals surface area contributed by atoms with E-state index in [1.54, 1.807) is 26.0 Å². The van der Waals surface area contributed by atoms with Gasteiger partial charge in [0.1, 0.15) is 53.0 Å². The molecule has 2 aliphatic rings. The molecule has 5 N–H and O–H groups in total. The lowest BCUT2D eigenvalue weighted by Gasteiger charge is -2.46. The minimum atomic E-state index is -1.60. The van der Waals surface area contributed by atoms with Crippen molar-refractivity contribution in [2.75, 3.05) is 7.11 Å². The predicted molar refractivity (Wildman–Crippen MR) is 160 cm³/mol. The zero-order valence-electron chi connectivity index (χ0n) is 25.1. The lowest BCUT2D eigenvalue weighted by atomic mass is 9.95. The summed E-state index contributed by atoms with van der Waals surface area (Å²) in [7, 11) is 1.30. The third-order valence-electron chi connectivity index (χ3n) is 9.03. The largest absolute Gasteiger partial charge is 0.506 e. The quantitative estimate of drug-likeness (QED) is 0.104. The first-order valence-electron chi connectivity index (χ1n) is 14.7. The summed E-state index contributed by atoms with van der Waals surface area (Å²) in [6.07, 6.45) is -13.0. The number of aromatic hydroxyl groups is 1. The Kier molecular flexibility index (Phi) is 7.45. The van der Waals surface area contributed by atoms with Gasteiger partial charge in [-0.3, -0.25) is 0 Å². The molecular formula is C32H32O14. The Morgan fingerprint density at radius 3 is 2.15 bits per heavy atom. The normalized spacial score (nSPS) is 32.2. The van der Waals surface area contributed by atoms with E-state index in [1.807, 2.05) is 0 Å². The molecule has 2 saturated heterocycles. The maximum absolute atomic E-state index is 13.4. The van der Waals surface area contributed by atoms with Crippen molar-refractivity contribution in [3.05, 3.63) is 56.7 Å². The van der Waals surface area contributed by atoms with Crippen LogP contribution in [-0.2, 0) is 18.9 Å². The van der Waals surface area contributed by atoms with Crippen molar-refractivity contribution in [3.8, 4) is 11.5 Å². The average Bonchev–Trinajstić information content (AvgIpc) is 3.02. The lowest BCUT2D eigenvalue weighted by molar-refractivity contribution is -0.353. The highest BCUT2D eigenvalue weighted by Gasteiger charge is 2.50. The van der Waals surface area contributed by atoms with Gasteiger partial charge in [-0.05, 0) is 38.5 Å². The van der Waals surface area contributed by atoms with E-state index in [9.17, 15) is 35.1 Å². The number of methoxy groups -OCH3 is 1. The summed E-state index contributed by atoms with van der Waals surface area (Å²) in [6, 6.07) is 7.70. The fourth-order valence-corrected chi connectivity index (χ4v) is 6.58. The monoisotopic (exact) mass is 640 g/mol. The van der Waals surface area contributed by atoms with Crippen LogP contribution in [-0.4, -0.2) is 94.1 Å². The lowest BCUT2D eigenvalue weighted by Crippen LogP contribution is -2.64. The minimum absolute atomic E-state index is 0.00746. The molecule has 0 bridgehead atoms. The average molecular weight is 641 g/mol. The van der Waals surface area contributed by atoms with Gasteiger partial charge in [0.15, 0.2) is 18.0 Å². The Morgan fingerprint density at radius 1 is 0.717 bits per heavy atom. The second-order valence-corrected chi connectivity index (χ2v) is 11.8. The van der Waals surface area contributed by atoms with E-state index < -0.39 is 78.4 Å². The van der Waals surface area contributed by atoms with Gasteiger partial charge in [0.05, 0.1) is 23.0 Å². The third kappa shape index (κ3) is 4.48. The third-order valence-corrected chi connectivity index (χ3v) is 9.03. The van der Waals surface area contributed by atoms with Crippen LogP contribution in [0.3, 0.4) is 0 Å². The second kappa shape index (κ2) is 11.1. The summed E-state index contributed by atoms with van der Waals surface area (Å²) in [5.41, 5.74) is -0.899. The van der Waals surface area contributed by atoms with Crippen LogP contribution in [0.15, 0.2) is 48.8 Å². The Balaban J connectivity index is 1.38. The van der Waals surface area contributed by atoms with Gasteiger partial charge in [0.2, 0.25) is 6.29 Å². The molecule has 46 heavy (non-hydrogen) atoms. The van der Waals surface area contributed by atoms with E-state index in [2.05, 4.69) is 0 Å². The highest BCUT2D eigenvalue weighted by molar-refractivity contribution is 6.28. The predicted octanol–water partition coefficient (Wildman–Crippen LogP) is 1.37. The number of phenolic OH excluding ortho intramolecular Hbond substituents is 1. The van der Waals surface area contributed by atoms with Crippen LogP contribution < -0.4 is 16.0 Å². The van der Waals surface area contributed by atoms with Crippen molar-refractivity contribution in [1.29, 1.82) is 0 Å². The first-order valence-corrected chi connectivity index (χ1v) is 14.7. The summed E-state index contributed by atoms with van der Waals surface area (Å²) in [5, 5.41) is 55.1. The van der Waals surface area contributed by atoms with Gasteiger partial charge in [0, 0.05) is 23.3 Å². The maximum atomic E-state index is 13.4.